The van der Waals surface area contributed by atoms with E-state index in [9.17, 15) is 10.1 Å². The van der Waals surface area contributed by atoms with Gasteiger partial charge in [0.1, 0.15) is 18.1 Å². The zero-order valence-electron chi connectivity index (χ0n) is 18.2. The number of anilines is 1. The van der Waals surface area contributed by atoms with Crippen LogP contribution in [-0.4, -0.2) is 30.6 Å². The fourth-order valence-electron chi connectivity index (χ4n) is 3.42. The standard InChI is InChI=1S/C24H22N8O/c1-16-6-3-4-9-19(16)21(13-25)29-24(33)17-7-5-8-18(12-17)27-14-22-30-31-23(32(22)2)20-10-11-26-15-28-20/h3-12,15,21,27H,14H2,1-2H3,(H,29,33)/t21-/m0/s1. The van der Waals surface area contributed by atoms with Gasteiger partial charge >= 0.3 is 0 Å². The number of nitrogens with one attached hydrogen (secondary N) is 2. The Morgan fingerprint density at radius 1 is 1.15 bits per heavy atom. The zero-order chi connectivity index (χ0) is 23.2. The lowest BCUT2D eigenvalue weighted by Gasteiger charge is -2.15. The molecule has 1 amide bonds. The Morgan fingerprint density at radius 2 is 2.00 bits per heavy atom. The van der Waals surface area contributed by atoms with Gasteiger partial charge in [-0.1, -0.05) is 30.3 Å². The number of rotatable bonds is 7. The molecule has 1 atom stereocenters. The molecule has 0 spiro atoms. The Morgan fingerprint density at radius 3 is 2.76 bits per heavy atom. The van der Waals surface area contributed by atoms with E-state index in [-0.39, 0.29) is 5.91 Å². The van der Waals surface area contributed by atoms with E-state index in [0.29, 0.717) is 29.5 Å². The van der Waals surface area contributed by atoms with Crippen LogP contribution in [0.2, 0.25) is 0 Å². The Bertz CT molecular complexity index is 1310. The minimum absolute atomic E-state index is 0.321. The molecule has 0 aliphatic carbocycles. The number of nitrogens with zero attached hydrogens (tertiary/aromatic N) is 6. The molecule has 0 unspecified atom stereocenters. The van der Waals surface area contributed by atoms with Gasteiger partial charge < -0.3 is 15.2 Å². The van der Waals surface area contributed by atoms with E-state index in [4.69, 9.17) is 0 Å². The molecule has 4 rings (SSSR count). The second-order valence-corrected chi connectivity index (χ2v) is 7.42. The van der Waals surface area contributed by atoms with Crippen molar-refractivity contribution in [2.24, 2.45) is 7.05 Å². The van der Waals surface area contributed by atoms with Gasteiger partial charge in [-0.15, -0.1) is 10.2 Å². The summed E-state index contributed by atoms with van der Waals surface area (Å²) >= 11 is 0. The molecule has 0 saturated carbocycles. The van der Waals surface area contributed by atoms with Crippen molar-refractivity contribution in [3.63, 3.8) is 0 Å². The number of hydrogen-bond acceptors (Lipinski definition) is 7. The van der Waals surface area contributed by atoms with E-state index in [1.807, 2.05) is 48.9 Å². The average Bonchev–Trinajstić information content (AvgIpc) is 3.22. The molecule has 0 radical (unpaired) electrons. The zero-order valence-corrected chi connectivity index (χ0v) is 18.2. The summed E-state index contributed by atoms with van der Waals surface area (Å²) < 4.78 is 1.85. The first-order valence-corrected chi connectivity index (χ1v) is 10.3. The smallest absolute Gasteiger partial charge is 0.252 e. The van der Waals surface area contributed by atoms with Crippen molar-refractivity contribution in [2.45, 2.75) is 19.5 Å². The third-order valence-corrected chi connectivity index (χ3v) is 5.26. The lowest BCUT2D eigenvalue weighted by Crippen LogP contribution is -2.28. The predicted octanol–water partition coefficient (Wildman–Crippen LogP) is 3.19. The number of aromatic nitrogens is 5. The van der Waals surface area contributed by atoms with Crippen LogP contribution in [0.5, 0.6) is 0 Å². The fourth-order valence-corrected chi connectivity index (χ4v) is 3.42. The van der Waals surface area contributed by atoms with Crippen molar-refractivity contribution in [3.8, 4) is 17.6 Å². The molecule has 0 fully saturated rings. The van der Waals surface area contributed by atoms with Gasteiger partial charge in [-0.3, -0.25) is 4.79 Å². The lowest BCUT2D eigenvalue weighted by molar-refractivity contribution is 0.0945. The molecule has 0 aliphatic rings. The lowest BCUT2D eigenvalue weighted by atomic mass is 10.0. The summed E-state index contributed by atoms with van der Waals surface area (Å²) in [4.78, 5) is 20.9. The van der Waals surface area contributed by atoms with Crippen molar-refractivity contribution < 1.29 is 4.79 Å². The maximum absolute atomic E-state index is 12.8. The highest BCUT2D eigenvalue weighted by Crippen LogP contribution is 2.19. The second-order valence-electron chi connectivity index (χ2n) is 7.42. The third-order valence-electron chi connectivity index (χ3n) is 5.26. The molecule has 9 heteroatoms. The predicted molar refractivity (Wildman–Crippen MR) is 123 cm³/mol. The fraction of sp³-hybridized carbons (Fsp3) is 0.167. The second kappa shape index (κ2) is 9.70. The monoisotopic (exact) mass is 438 g/mol. The summed E-state index contributed by atoms with van der Waals surface area (Å²) in [5.41, 5.74) is 3.62. The van der Waals surface area contributed by atoms with E-state index in [1.54, 1.807) is 30.5 Å². The van der Waals surface area contributed by atoms with Crippen LogP contribution in [0.15, 0.2) is 67.1 Å². The van der Waals surface area contributed by atoms with Crippen LogP contribution in [0.4, 0.5) is 5.69 Å². The molecule has 2 aromatic heterocycles. The minimum Gasteiger partial charge on any atom is -0.378 e. The largest absolute Gasteiger partial charge is 0.378 e. The molecule has 2 heterocycles. The molecule has 2 aromatic carbocycles. The quantitative estimate of drug-likeness (QED) is 0.454. The molecule has 9 nitrogen and oxygen atoms in total. The van der Waals surface area contributed by atoms with Gasteiger partial charge in [0.15, 0.2) is 11.6 Å². The van der Waals surface area contributed by atoms with Gasteiger partial charge in [0.05, 0.1) is 12.6 Å². The minimum atomic E-state index is -0.728. The highest BCUT2D eigenvalue weighted by molar-refractivity contribution is 5.95. The molecule has 2 N–H and O–H groups in total. The number of nitriles is 1. The number of aryl methyl sites for hydroxylation is 1. The van der Waals surface area contributed by atoms with E-state index >= 15 is 0 Å². The van der Waals surface area contributed by atoms with Crippen LogP contribution in [0, 0.1) is 18.3 Å². The summed E-state index contributed by atoms with van der Waals surface area (Å²) in [5, 5.41) is 24.1. The average molecular weight is 438 g/mol. The molecular weight excluding hydrogens is 416 g/mol. The molecule has 33 heavy (non-hydrogen) atoms. The number of amides is 1. The molecule has 0 bridgehead atoms. The first-order valence-electron chi connectivity index (χ1n) is 10.3. The maximum atomic E-state index is 12.8. The van der Waals surface area contributed by atoms with E-state index in [0.717, 1.165) is 16.8 Å². The van der Waals surface area contributed by atoms with Gasteiger partial charge in [-0.05, 0) is 42.3 Å². The van der Waals surface area contributed by atoms with Crippen LogP contribution >= 0.6 is 0 Å². The van der Waals surface area contributed by atoms with Gasteiger partial charge in [-0.2, -0.15) is 5.26 Å². The topological polar surface area (TPSA) is 121 Å². The van der Waals surface area contributed by atoms with Crippen LogP contribution < -0.4 is 10.6 Å². The molecular formula is C24H22N8O. The van der Waals surface area contributed by atoms with E-state index in [2.05, 4.69) is 36.9 Å². The van der Waals surface area contributed by atoms with Crippen molar-refractivity contribution in [2.75, 3.05) is 5.32 Å². The van der Waals surface area contributed by atoms with Crippen LogP contribution in [0.25, 0.3) is 11.5 Å². The summed E-state index contributed by atoms with van der Waals surface area (Å²) in [6, 6.07) is 17.8. The van der Waals surface area contributed by atoms with Gasteiger partial charge in [-0.25, -0.2) is 9.97 Å². The number of benzene rings is 2. The van der Waals surface area contributed by atoms with Gasteiger partial charge in [0, 0.05) is 24.5 Å². The van der Waals surface area contributed by atoms with E-state index in [1.165, 1.54) is 6.33 Å². The van der Waals surface area contributed by atoms with Crippen molar-refractivity contribution >= 4 is 11.6 Å². The summed E-state index contributed by atoms with van der Waals surface area (Å²) in [6.07, 6.45) is 3.12. The number of hydrogen-bond donors (Lipinski definition) is 2. The maximum Gasteiger partial charge on any atom is 0.252 e. The van der Waals surface area contributed by atoms with Gasteiger partial charge in [0.2, 0.25) is 0 Å². The number of carbonyl (C=O) groups is 1. The first kappa shape index (κ1) is 21.6. The molecule has 164 valence electrons. The van der Waals surface area contributed by atoms with Gasteiger partial charge in [0.25, 0.3) is 5.91 Å². The third kappa shape index (κ3) is 4.85. The Balaban J connectivity index is 1.44. The Kier molecular flexibility index (Phi) is 6.36. The normalized spacial score (nSPS) is 11.4. The Labute approximate surface area is 191 Å². The summed E-state index contributed by atoms with van der Waals surface area (Å²) in [5.74, 6) is 1.03. The summed E-state index contributed by atoms with van der Waals surface area (Å²) in [6.45, 7) is 2.32. The highest BCUT2D eigenvalue weighted by Gasteiger charge is 2.17. The number of carbonyl (C=O) groups excluding carboxylic acids is 1. The van der Waals surface area contributed by atoms with E-state index < -0.39 is 6.04 Å². The summed E-state index contributed by atoms with van der Waals surface area (Å²) in [7, 11) is 1.87. The first-order chi connectivity index (χ1) is 16.1. The SMILES string of the molecule is Cc1ccccc1[C@H](C#N)NC(=O)c1cccc(NCc2nnc(-c3ccncn3)n2C)c1. The van der Waals surface area contributed by atoms with Crippen LogP contribution in [0.1, 0.15) is 33.4 Å². The van der Waals surface area contributed by atoms with Crippen molar-refractivity contribution in [1.82, 2.24) is 30.0 Å². The Hall–Kier alpha value is -4.58. The molecule has 0 aliphatic heterocycles. The highest BCUT2D eigenvalue weighted by atomic mass is 16.1. The van der Waals surface area contributed by atoms with Crippen molar-refractivity contribution in [1.29, 1.82) is 5.26 Å². The van der Waals surface area contributed by atoms with Crippen LogP contribution in [0.3, 0.4) is 0 Å². The van der Waals surface area contributed by atoms with Crippen molar-refractivity contribution in [3.05, 3.63) is 89.6 Å². The van der Waals surface area contributed by atoms with Crippen LogP contribution in [-0.2, 0) is 13.6 Å². The molecule has 0 saturated heterocycles. The molecule has 4 aromatic rings.